The SMILES string of the molecule is C=CCNC(/C=C(\N)c1ccccc1O)=C(N)N. The summed E-state index contributed by atoms with van der Waals surface area (Å²) in [5, 5.41) is 12.6. The van der Waals surface area contributed by atoms with Crippen molar-refractivity contribution in [3.63, 3.8) is 0 Å². The summed E-state index contributed by atoms with van der Waals surface area (Å²) in [5.74, 6) is 0.222. The Morgan fingerprint density at radius 2 is 1.94 bits per heavy atom. The van der Waals surface area contributed by atoms with Crippen molar-refractivity contribution in [3.05, 3.63) is 60.1 Å². The van der Waals surface area contributed by atoms with E-state index >= 15 is 0 Å². The molecule has 0 aliphatic rings. The Morgan fingerprint density at radius 3 is 2.50 bits per heavy atom. The molecular formula is C13H18N4O. The van der Waals surface area contributed by atoms with Gasteiger partial charge < -0.3 is 27.6 Å². The zero-order valence-electron chi connectivity index (χ0n) is 10.1. The van der Waals surface area contributed by atoms with Crippen LogP contribution in [-0.4, -0.2) is 11.7 Å². The Bertz CT molecular complexity index is 488. The third-order valence-electron chi connectivity index (χ3n) is 2.26. The number of para-hydroxylation sites is 1. The van der Waals surface area contributed by atoms with Crippen molar-refractivity contribution in [2.45, 2.75) is 0 Å². The fourth-order valence-electron chi connectivity index (χ4n) is 1.37. The second-order valence-electron chi connectivity index (χ2n) is 3.66. The molecule has 0 saturated heterocycles. The predicted octanol–water partition coefficient (Wildman–Crippen LogP) is 0.554. The highest BCUT2D eigenvalue weighted by molar-refractivity contribution is 5.69. The lowest BCUT2D eigenvalue weighted by molar-refractivity contribution is 0.473. The minimum absolute atomic E-state index is 0.102. The molecule has 0 aliphatic carbocycles. The number of nitrogens with one attached hydrogen (secondary N) is 1. The van der Waals surface area contributed by atoms with Crippen LogP contribution >= 0.6 is 0 Å². The van der Waals surface area contributed by atoms with Gasteiger partial charge in [-0.3, -0.25) is 0 Å². The molecular weight excluding hydrogens is 228 g/mol. The number of nitrogens with two attached hydrogens (primary N) is 3. The Hall–Kier alpha value is -2.56. The van der Waals surface area contributed by atoms with Gasteiger partial charge in [-0.05, 0) is 18.2 Å². The van der Waals surface area contributed by atoms with E-state index in [0.717, 1.165) is 0 Å². The van der Waals surface area contributed by atoms with Crippen LogP contribution in [0.15, 0.2) is 54.5 Å². The highest BCUT2D eigenvalue weighted by atomic mass is 16.3. The largest absolute Gasteiger partial charge is 0.507 e. The molecule has 0 bridgehead atoms. The molecule has 5 heteroatoms. The van der Waals surface area contributed by atoms with Crippen LogP contribution in [0.25, 0.3) is 5.70 Å². The lowest BCUT2D eigenvalue weighted by Gasteiger charge is -2.09. The first-order chi connectivity index (χ1) is 8.56. The minimum atomic E-state index is 0.102. The molecule has 5 nitrogen and oxygen atoms in total. The van der Waals surface area contributed by atoms with Crippen LogP contribution in [0.2, 0.25) is 0 Å². The molecule has 0 unspecified atom stereocenters. The van der Waals surface area contributed by atoms with Crippen LogP contribution in [0.5, 0.6) is 5.75 Å². The monoisotopic (exact) mass is 246 g/mol. The van der Waals surface area contributed by atoms with Gasteiger partial charge in [-0.15, -0.1) is 6.58 Å². The Balaban J connectivity index is 3.04. The summed E-state index contributed by atoms with van der Waals surface area (Å²) < 4.78 is 0. The molecule has 0 radical (unpaired) electrons. The molecule has 0 aliphatic heterocycles. The molecule has 0 amide bonds. The first-order valence-corrected chi connectivity index (χ1v) is 5.41. The molecule has 1 aromatic carbocycles. The maximum absolute atomic E-state index is 9.67. The van der Waals surface area contributed by atoms with E-state index in [-0.39, 0.29) is 11.6 Å². The van der Waals surface area contributed by atoms with Crippen molar-refractivity contribution in [1.82, 2.24) is 5.32 Å². The highest BCUT2D eigenvalue weighted by Gasteiger charge is 2.04. The van der Waals surface area contributed by atoms with Gasteiger partial charge in [-0.2, -0.15) is 0 Å². The van der Waals surface area contributed by atoms with Crippen molar-refractivity contribution in [2.75, 3.05) is 6.54 Å². The normalized spacial score (nSPS) is 10.8. The number of hydrogen-bond acceptors (Lipinski definition) is 5. The summed E-state index contributed by atoms with van der Waals surface area (Å²) in [6, 6.07) is 6.76. The van der Waals surface area contributed by atoms with Crippen molar-refractivity contribution in [3.8, 4) is 5.75 Å². The van der Waals surface area contributed by atoms with Gasteiger partial charge in [0.05, 0.1) is 5.70 Å². The van der Waals surface area contributed by atoms with Crippen molar-refractivity contribution >= 4 is 5.70 Å². The molecule has 0 spiro atoms. The molecule has 8 N–H and O–H groups in total. The second-order valence-corrected chi connectivity index (χ2v) is 3.66. The average Bonchev–Trinajstić information content (AvgIpc) is 2.34. The number of benzene rings is 1. The standard InChI is InChI=1S/C13H18N4O/c1-2-7-17-11(13(15)16)8-10(14)9-5-3-4-6-12(9)18/h2-6,8,17-18H,1,7,14-16H2/b10-8-. The number of allylic oxidation sites excluding steroid dienone is 1. The van der Waals surface area contributed by atoms with Gasteiger partial charge in [-0.1, -0.05) is 18.2 Å². The summed E-state index contributed by atoms with van der Waals surface area (Å²) in [4.78, 5) is 0. The van der Waals surface area contributed by atoms with Gasteiger partial charge in [0.1, 0.15) is 11.6 Å². The van der Waals surface area contributed by atoms with Gasteiger partial charge in [0.2, 0.25) is 0 Å². The number of phenols is 1. The van der Waals surface area contributed by atoms with E-state index in [9.17, 15) is 5.11 Å². The molecule has 0 atom stereocenters. The molecule has 1 rings (SSSR count). The topological polar surface area (TPSA) is 110 Å². The van der Waals surface area contributed by atoms with Gasteiger partial charge in [0, 0.05) is 17.8 Å². The second kappa shape index (κ2) is 6.24. The first kappa shape index (κ1) is 13.5. The molecule has 1 aromatic rings. The Morgan fingerprint density at radius 1 is 1.28 bits per heavy atom. The van der Waals surface area contributed by atoms with E-state index in [1.54, 1.807) is 36.4 Å². The number of phenolic OH excluding ortho intramolecular Hbond substituents is 1. The van der Waals surface area contributed by atoms with Gasteiger partial charge in [-0.25, -0.2) is 0 Å². The zero-order chi connectivity index (χ0) is 13.5. The van der Waals surface area contributed by atoms with E-state index in [2.05, 4.69) is 11.9 Å². The van der Waals surface area contributed by atoms with Crippen molar-refractivity contribution < 1.29 is 5.11 Å². The van der Waals surface area contributed by atoms with Crippen LogP contribution in [0.4, 0.5) is 0 Å². The summed E-state index contributed by atoms with van der Waals surface area (Å²) in [6.45, 7) is 4.10. The van der Waals surface area contributed by atoms with E-state index in [1.165, 1.54) is 0 Å². The molecule has 96 valence electrons. The zero-order valence-corrected chi connectivity index (χ0v) is 10.1. The van der Waals surface area contributed by atoms with Crippen LogP contribution in [0, 0.1) is 0 Å². The van der Waals surface area contributed by atoms with Crippen molar-refractivity contribution in [1.29, 1.82) is 0 Å². The maximum Gasteiger partial charge on any atom is 0.124 e. The molecule has 0 aromatic heterocycles. The molecule has 0 saturated carbocycles. The van der Waals surface area contributed by atoms with Crippen LogP contribution < -0.4 is 22.5 Å². The predicted molar refractivity (Wildman–Crippen MR) is 73.9 cm³/mol. The lowest BCUT2D eigenvalue weighted by atomic mass is 10.1. The number of hydrogen-bond donors (Lipinski definition) is 5. The minimum Gasteiger partial charge on any atom is -0.507 e. The highest BCUT2D eigenvalue weighted by Crippen LogP contribution is 2.21. The van der Waals surface area contributed by atoms with Gasteiger partial charge >= 0.3 is 0 Å². The van der Waals surface area contributed by atoms with E-state index < -0.39 is 0 Å². The fraction of sp³-hybridized carbons (Fsp3) is 0.0769. The summed E-state index contributed by atoms with van der Waals surface area (Å²) in [5.41, 5.74) is 18.4. The van der Waals surface area contributed by atoms with Crippen LogP contribution in [0.1, 0.15) is 5.56 Å². The average molecular weight is 246 g/mol. The summed E-state index contributed by atoms with van der Waals surface area (Å²) >= 11 is 0. The Kier molecular flexibility index (Phi) is 4.68. The summed E-state index contributed by atoms with van der Waals surface area (Å²) in [7, 11) is 0. The third kappa shape index (κ3) is 3.48. The first-order valence-electron chi connectivity index (χ1n) is 5.41. The third-order valence-corrected chi connectivity index (χ3v) is 2.26. The Labute approximate surface area is 106 Å². The molecule has 0 fully saturated rings. The van der Waals surface area contributed by atoms with Gasteiger partial charge in [0.15, 0.2) is 0 Å². The quantitative estimate of drug-likeness (QED) is 0.385. The summed E-state index contributed by atoms with van der Waals surface area (Å²) in [6.07, 6.45) is 3.25. The van der Waals surface area contributed by atoms with E-state index in [4.69, 9.17) is 17.2 Å². The van der Waals surface area contributed by atoms with E-state index in [0.29, 0.717) is 23.5 Å². The van der Waals surface area contributed by atoms with Gasteiger partial charge in [0.25, 0.3) is 0 Å². The van der Waals surface area contributed by atoms with Crippen LogP contribution in [-0.2, 0) is 0 Å². The smallest absolute Gasteiger partial charge is 0.124 e. The lowest BCUT2D eigenvalue weighted by Crippen LogP contribution is -2.22. The molecule has 18 heavy (non-hydrogen) atoms. The van der Waals surface area contributed by atoms with E-state index in [1.807, 2.05) is 0 Å². The number of rotatable bonds is 5. The maximum atomic E-state index is 9.67. The fourth-order valence-corrected chi connectivity index (χ4v) is 1.37. The van der Waals surface area contributed by atoms with Crippen LogP contribution in [0.3, 0.4) is 0 Å². The number of aromatic hydroxyl groups is 1. The van der Waals surface area contributed by atoms with Crippen molar-refractivity contribution in [2.24, 2.45) is 17.2 Å². The molecule has 0 heterocycles.